The maximum absolute atomic E-state index is 11.2. The highest BCUT2D eigenvalue weighted by Gasteiger charge is 2.41. The van der Waals surface area contributed by atoms with E-state index in [2.05, 4.69) is 6.07 Å². The van der Waals surface area contributed by atoms with E-state index in [9.17, 15) is 4.79 Å². The smallest absolute Gasteiger partial charge is 0.154 e. The summed E-state index contributed by atoms with van der Waals surface area (Å²) in [5.41, 5.74) is 0. The molecule has 1 aliphatic rings. The Morgan fingerprint density at radius 2 is 2.45 bits per heavy atom. The minimum atomic E-state index is -0.924. The molecule has 2 nitrogen and oxygen atoms in total. The summed E-state index contributed by atoms with van der Waals surface area (Å²) < 4.78 is 0. The molecule has 0 aromatic heterocycles. The summed E-state index contributed by atoms with van der Waals surface area (Å²) in [7, 11) is 0. The summed E-state index contributed by atoms with van der Waals surface area (Å²) in [5, 5.41) is 8.66. The van der Waals surface area contributed by atoms with Crippen LogP contribution in [0.4, 0.5) is 0 Å². The van der Waals surface area contributed by atoms with Gasteiger partial charge in [0.05, 0.1) is 12.0 Å². The summed E-state index contributed by atoms with van der Waals surface area (Å²) in [6.45, 7) is 1.64. The van der Waals surface area contributed by atoms with Gasteiger partial charge in [-0.25, -0.2) is 0 Å². The Bertz CT molecular complexity index is 217. The second kappa shape index (κ2) is 2.83. The van der Waals surface area contributed by atoms with Crippen molar-refractivity contribution in [1.82, 2.24) is 0 Å². The molecule has 60 valence electrons. The van der Waals surface area contributed by atoms with E-state index < -0.39 is 4.87 Å². The number of hydrogen-bond acceptors (Lipinski definition) is 2. The van der Waals surface area contributed by atoms with Crippen molar-refractivity contribution in [3.05, 3.63) is 0 Å². The molecule has 3 heteroatoms. The van der Waals surface area contributed by atoms with Crippen molar-refractivity contribution in [3.8, 4) is 6.07 Å². The highest BCUT2D eigenvalue weighted by molar-refractivity contribution is 6.35. The molecule has 0 saturated heterocycles. The van der Waals surface area contributed by atoms with Crippen molar-refractivity contribution in [1.29, 1.82) is 5.26 Å². The zero-order valence-corrected chi connectivity index (χ0v) is 7.19. The quantitative estimate of drug-likeness (QED) is 0.522. The third-order valence-corrected chi connectivity index (χ3v) is 2.73. The van der Waals surface area contributed by atoms with Crippen LogP contribution in [0, 0.1) is 17.2 Å². The van der Waals surface area contributed by atoms with Crippen LogP contribution in [0.5, 0.6) is 0 Å². The number of halogens is 1. The molecule has 0 heterocycles. The molecule has 1 aliphatic carbocycles. The van der Waals surface area contributed by atoms with Gasteiger partial charge >= 0.3 is 0 Å². The summed E-state index contributed by atoms with van der Waals surface area (Å²) in [4.78, 5) is 10.3. The van der Waals surface area contributed by atoms with Gasteiger partial charge in [-0.05, 0) is 19.8 Å². The predicted octanol–water partition coefficient (Wildman–Crippen LogP) is 1.88. The zero-order valence-electron chi connectivity index (χ0n) is 6.43. The van der Waals surface area contributed by atoms with Crippen molar-refractivity contribution in [2.75, 3.05) is 0 Å². The Balaban J connectivity index is 2.83. The Labute approximate surface area is 71.1 Å². The van der Waals surface area contributed by atoms with Crippen LogP contribution >= 0.6 is 11.6 Å². The zero-order chi connectivity index (χ0) is 8.48. The second-order valence-electron chi connectivity index (χ2n) is 3.07. The van der Waals surface area contributed by atoms with Crippen molar-refractivity contribution < 1.29 is 4.79 Å². The summed E-state index contributed by atoms with van der Waals surface area (Å²) in [6.07, 6.45) is 2.08. The SMILES string of the molecule is CC1(Cl)C(=O)CCCC1C#N. The van der Waals surface area contributed by atoms with Crippen molar-refractivity contribution in [2.24, 2.45) is 5.92 Å². The van der Waals surface area contributed by atoms with Gasteiger partial charge in [0.1, 0.15) is 4.87 Å². The number of nitriles is 1. The topological polar surface area (TPSA) is 40.9 Å². The molecule has 2 atom stereocenters. The largest absolute Gasteiger partial charge is 0.298 e. The number of ketones is 1. The molecule has 0 amide bonds. The number of Topliss-reactive ketones (excluding diaryl/α,β-unsaturated/α-hetero) is 1. The van der Waals surface area contributed by atoms with Gasteiger partial charge in [0, 0.05) is 6.42 Å². The Hall–Kier alpha value is -0.550. The summed E-state index contributed by atoms with van der Waals surface area (Å²) in [5.74, 6) is -0.289. The molecule has 0 N–H and O–H groups in total. The van der Waals surface area contributed by atoms with Gasteiger partial charge in [-0.1, -0.05) is 0 Å². The standard InChI is InChI=1S/C8H10ClNO/c1-8(9)6(5-10)3-2-4-7(8)11/h6H,2-4H2,1H3. The van der Waals surface area contributed by atoms with E-state index in [1.54, 1.807) is 6.92 Å². The number of carbonyl (C=O) groups excluding carboxylic acids is 1. The van der Waals surface area contributed by atoms with E-state index in [4.69, 9.17) is 16.9 Å². The van der Waals surface area contributed by atoms with Gasteiger partial charge in [0.15, 0.2) is 5.78 Å². The van der Waals surface area contributed by atoms with E-state index in [0.717, 1.165) is 12.8 Å². The van der Waals surface area contributed by atoms with E-state index in [1.165, 1.54) is 0 Å². The lowest BCUT2D eigenvalue weighted by Crippen LogP contribution is -2.40. The third-order valence-electron chi connectivity index (χ3n) is 2.25. The van der Waals surface area contributed by atoms with Crippen LogP contribution in [-0.2, 0) is 4.79 Å². The van der Waals surface area contributed by atoms with Crippen LogP contribution in [0.15, 0.2) is 0 Å². The lowest BCUT2D eigenvalue weighted by Gasteiger charge is -2.29. The molecule has 2 unspecified atom stereocenters. The Morgan fingerprint density at radius 1 is 1.82 bits per heavy atom. The maximum Gasteiger partial charge on any atom is 0.154 e. The fraction of sp³-hybridized carbons (Fsp3) is 0.750. The number of carbonyl (C=O) groups is 1. The molecule has 1 fully saturated rings. The average Bonchev–Trinajstić information content (AvgIpc) is 1.95. The summed E-state index contributed by atoms with van der Waals surface area (Å²) in [6, 6.07) is 2.07. The van der Waals surface area contributed by atoms with Crippen LogP contribution in [0.25, 0.3) is 0 Å². The molecule has 0 aromatic carbocycles. The van der Waals surface area contributed by atoms with Gasteiger partial charge in [-0.3, -0.25) is 4.79 Å². The molecule has 0 spiro atoms. The van der Waals surface area contributed by atoms with Crippen molar-refractivity contribution >= 4 is 17.4 Å². The lowest BCUT2D eigenvalue weighted by atomic mass is 9.79. The fourth-order valence-corrected chi connectivity index (χ4v) is 1.61. The molecular formula is C8H10ClNO. The van der Waals surface area contributed by atoms with Crippen LogP contribution in [0.3, 0.4) is 0 Å². The van der Waals surface area contributed by atoms with Crippen molar-refractivity contribution in [2.45, 2.75) is 31.1 Å². The van der Waals surface area contributed by atoms with Crippen molar-refractivity contribution in [3.63, 3.8) is 0 Å². The van der Waals surface area contributed by atoms with Crippen LogP contribution < -0.4 is 0 Å². The maximum atomic E-state index is 11.2. The van der Waals surface area contributed by atoms with Gasteiger partial charge in [0.25, 0.3) is 0 Å². The lowest BCUT2D eigenvalue weighted by molar-refractivity contribution is -0.123. The monoisotopic (exact) mass is 171 g/mol. The third kappa shape index (κ3) is 1.39. The number of rotatable bonds is 0. The highest BCUT2D eigenvalue weighted by Crippen LogP contribution is 2.35. The van der Waals surface area contributed by atoms with Crippen LogP contribution in [-0.4, -0.2) is 10.7 Å². The molecule has 0 aromatic rings. The normalized spacial score (nSPS) is 38.3. The molecular weight excluding hydrogens is 162 g/mol. The first-order chi connectivity index (χ1) is 5.09. The van der Waals surface area contributed by atoms with E-state index in [1.807, 2.05) is 0 Å². The number of alkyl halides is 1. The number of hydrogen-bond donors (Lipinski definition) is 0. The first-order valence-corrected chi connectivity index (χ1v) is 4.08. The van der Waals surface area contributed by atoms with Gasteiger partial charge < -0.3 is 0 Å². The van der Waals surface area contributed by atoms with E-state index in [0.29, 0.717) is 6.42 Å². The van der Waals surface area contributed by atoms with Gasteiger partial charge in [-0.2, -0.15) is 5.26 Å². The second-order valence-corrected chi connectivity index (χ2v) is 3.86. The molecule has 1 rings (SSSR count). The summed E-state index contributed by atoms with van der Waals surface area (Å²) >= 11 is 5.92. The first kappa shape index (κ1) is 8.55. The minimum absolute atomic E-state index is 0.0111. The van der Waals surface area contributed by atoms with Crippen LogP contribution in [0.1, 0.15) is 26.2 Å². The Kier molecular flexibility index (Phi) is 2.20. The van der Waals surface area contributed by atoms with E-state index in [-0.39, 0.29) is 11.7 Å². The minimum Gasteiger partial charge on any atom is -0.298 e. The highest BCUT2D eigenvalue weighted by atomic mass is 35.5. The first-order valence-electron chi connectivity index (χ1n) is 3.71. The fourth-order valence-electron chi connectivity index (χ4n) is 1.36. The average molecular weight is 172 g/mol. The van der Waals surface area contributed by atoms with Crippen LogP contribution in [0.2, 0.25) is 0 Å². The van der Waals surface area contributed by atoms with Gasteiger partial charge in [0.2, 0.25) is 0 Å². The number of nitrogens with zero attached hydrogens (tertiary/aromatic N) is 1. The molecule has 11 heavy (non-hydrogen) atoms. The van der Waals surface area contributed by atoms with Gasteiger partial charge in [-0.15, -0.1) is 11.6 Å². The molecule has 1 saturated carbocycles. The Morgan fingerprint density at radius 3 is 2.91 bits per heavy atom. The molecule has 0 aliphatic heterocycles. The molecule has 0 bridgehead atoms. The molecule has 0 radical (unpaired) electrons. The van der Waals surface area contributed by atoms with E-state index >= 15 is 0 Å². The predicted molar refractivity (Wildman–Crippen MR) is 42.2 cm³/mol.